The molecule has 0 aliphatic heterocycles. The van der Waals surface area contributed by atoms with Crippen LogP contribution in [0, 0.1) is 0 Å². The van der Waals surface area contributed by atoms with E-state index in [0.29, 0.717) is 24.6 Å². The molecule has 0 bridgehead atoms. The Hall–Kier alpha value is -3.15. The molecule has 0 fully saturated rings. The fraction of sp³-hybridized carbons (Fsp3) is 0.167. The Bertz CT molecular complexity index is 941. The van der Waals surface area contributed by atoms with Gasteiger partial charge in [-0.2, -0.15) is 4.98 Å². The normalized spacial score (nSPS) is 11.0. The van der Waals surface area contributed by atoms with Gasteiger partial charge in [0.1, 0.15) is 11.6 Å². The van der Waals surface area contributed by atoms with E-state index >= 15 is 0 Å². The highest BCUT2D eigenvalue weighted by atomic mass is 16.5. The van der Waals surface area contributed by atoms with E-state index in [1.807, 2.05) is 48.5 Å². The van der Waals surface area contributed by atoms with Crippen molar-refractivity contribution in [3.63, 3.8) is 0 Å². The van der Waals surface area contributed by atoms with Crippen molar-refractivity contribution in [2.75, 3.05) is 7.11 Å². The van der Waals surface area contributed by atoms with E-state index in [9.17, 15) is 0 Å². The molecule has 4 aromatic rings. The summed E-state index contributed by atoms with van der Waals surface area (Å²) in [5.41, 5.74) is 2.82. The number of para-hydroxylation sites is 3. The number of benzene rings is 2. The van der Waals surface area contributed by atoms with Crippen molar-refractivity contribution in [1.82, 2.24) is 20.1 Å². The number of nitrogens with one attached hydrogen (secondary N) is 1. The van der Waals surface area contributed by atoms with Crippen molar-refractivity contribution in [3.05, 3.63) is 60.2 Å². The maximum atomic E-state index is 5.36. The van der Waals surface area contributed by atoms with Crippen LogP contribution in [0.2, 0.25) is 0 Å². The summed E-state index contributed by atoms with van der Waals surface area (Å²) in [6, 6.07) is 15.6. The highest BCUT2D eigenvalue weighted by Crippen LogP contribution is 2.27. The summed E-state index contributed by atoms with van der Waals surface area (Å²) in [5.74, 6) is 2.75. The topological polar surface area (TPSA) is 76.8 Å². The lowest BCUT2D eigenvalue weighted by atomic mass is 10.2. The highest BCUT2D eigenvalue weighted by molar-refractivity contribution is 5.74. The molecule has 6 nitrogen and oxygen atoms in total. The predicted octanol–water partition coefficient (Wildman–Crippen LogP) is 3.41. The Labute approximate surface area is 138 Å². The van der Waals surface area contributed by atoms with E-state index in [4.69, 9.17) is 9.26 Å². The summed E-state index contributed by atoms with van der Waals surface area (Å²) < 4.78 is 10.7. The lowest BCUT2D eigenvalue weighted by Crippen LogP contribution is -1.94. The van der Waals surface area contributed by atoms with Crippen molar-refractivity contribution in [2.24, 2.45) is 0 Å². The number of nitrogens with zero attached hydrogens (tertiary/aromatic N) is 3. The average Bonchev–Trinajstić information content (AvgIpc) is 3.26. The van der Waals surface area contributed by atoms with Gasteiger partial charge < -0.3 is 14.2 Å². The summed E-state index contributed by atoms with van der Waals surface area (Å²) in [6.07, 6.45) is 1.34. The first-order valence-electron chi connectivity index (χ1n) is 7.73. The van der Waals surface area contributed by atoms with Gasteiger partial charge in [-0.3, -0.25) is 0 Å². The van der Waals surface area contributed by atoms with Crippen molar-refractivity contribution in [1.29, 1.82) is 0 Å². The van der Waals surface area contributed by atoms with Gasteiger partial charge in [-0.05, 0) is 24.3 Å². The molecule has 0 aliphatic carbocycles. The molecule has 0 saturated carbocycles. The van der Waals surface area contributed by atoms with Crippen molar-refractivity contribution < 1.29 is 9.26 Å². The van der Waals surface area contributed by atoms with E-state index in [0.717, 1.165) is 28.2 Å². The molecule has 4 rings (SSSR count). The van der Waals surface area contributed by atoms with Gasteiger partial charge in [0.25, 0.3) is 0 Å². The lowest BCUT2D eigenvalue weighted by Gasteiger charge is -2.02. The Kier molecular flexibility index (Phi) is 3.70. The second-order valence-corrected chi connectivity index (χ2v) is 5.41. The Morgan fingerprint density at radius 2 is 1.83 bits per heavy atom. The van der Waals surface area contributed by atoms with E-state index in [1.165, 1.54) is 0 Å². The summed E-state index contributed by atoms with van der Waals surface area (Å²) in [4.78, 5) is 12.3. The van der Waals surface area contributed by atoms with Crippen LogP contribution >= 0.6 is 0 Å². The van der Waals surface area contributed by atoms with Crippen LogP contribution < -0.4 is 4.74 Å². The van der Waals surface area contributed by atoms with Crippen LogP contribution in [0.3, 0.4) is 0 Å². The summed E-state index contributed by atoms with van der Waals surface area (Å²) >= 11 is 0. The summed E-state index contributed by atoms with van der Waals surface area (Å²) in [6.45, 7) is 0. The number of fused-ring (bicyclic) bond motifs is 1. The van der Waals surface area contributed by atoms with Gasteiger partial charge in [-0.15, -0.1) is 0 Å². The largest absolute Gasteiger partial charge is 0.496 e. The number of rotatable bonds is 5. The molecule has 24 heavy (non-hydrogen) atoms. The van der Waals surface area contributed by atoms with Crippen molar-refractivity contribution in [3.8, 4) is 17.1 Å². The third kappa shape index (κ3) is 2.74. The predicted molar refractivity (Wildman–Crippen MR) is 89.8 cm³/mol. The fourth-order valence-corrected chi connectivity index (χ4v) is 2.64. The van der Waals surface area contributed by atoms with Crippen LogP contribution in [0.4, 0.5) is 0 Å². The van der Waals surface area contributed by atoms with Crippen LogP contribution in [-0.2, 0) is 12.8 Å². The van der Waals surface area contributed by atoms with Gasteiger partial charge in [0.15, 0.2) is 0 Å². The van der Waals surface area contributed by atoms with Gasteiger partial charge in [0.2, 0.25) is 11.7 Å². The number of hydrogen-bond donors (Lipinski definition) is 1. The summed E-state index contributed by atoms with van der Waals surface area (Å²) in [7, 11) is 1.63. The number of aromatic amines is 1. The number of imidazole rings is 1. The van der Waals surface area contributed by atoms with Crippen LogP contribution in [0.5, 0.6) is 5.75 Å². The minimum Gasteiger partial charge on any atom is -0.496 e. The standard InChI is InChI=1S/C18H16N4O2/c1-23-15-9-5-2-6-12(15)18-21-17(24-22-18)11-10-16-19-13-7-3-4-8-14(13)20-16/h2-9H,10-11H2,1H3,(H,19,20). The third-order valence-corrected chi connectivity index (χ3v) is 3.83. The van der Waals surface area contributed by atoms with E-state index in [1.54, 1.807) is 7.11 Å². The van der Waals surface area contributed by atoms with E-state index < -0.39 is 0 Å². The lowest BCUT2D eigenvalue weighted by molar-refractivity contribution is 0.377. The van der Waals surface area contributed by atoms with Crippen LogP contribution in [0.25, 0.3) is 22.4 Å². The molecule has 0 spiro atoms. The smallest absolute Gasteiger partial charge is 0.227 e. The zero-order chi connectivity index (χ0) is 16.4. The van der Waals surface area contributed by atoms with Crippen molar-refractivity contribution in [2.45, 2.75) is 12.8 Å². The minimum atomic E-state index is 0.534. The maximum Gasteiger partial charge on any atom is 0.227 e. The van der Waals surface area contributed by atoms with Crippen molar-refractivity contribution >= 4 is 11.0 Å². The first-order valence-corrected chi connectivity index (χ1v) is 7.73. The SMILES string of the molecule is COc1ccccc1-c1noc(CCc2nc3ccccc3[nH]2)n1. The van der Waals surface area contributed by atoms with Gasteiger partial charge in [0, 0.05) is 12.8 Å². The third-order valence-electron chi connectivity index (χ3n) is 3.83. The molecule has 2 aromatic heterocycles. The average molecular weight is 320 g/mol. The van der Waals surface area contributed by atoms with Crippen LogP contribution in [0.15, 0.2) is 53.1 Å². The summed E-state index contributed by atoms with van der Waals surface area (Å²) in [5, 5.41) is 4.05. The number of aryl methyl sites for hydroxylation is 2. The Morgan fingerprint density at radius 3 is 2.71 bits per heavy atom. The monoisotopic (exact) mass is 320 g/mol. The highest BCUT2D eigenvalue weighted by Gasteiger charge is 2.13. The molecular formula is C18H16N4O2. The molecular weight excluding hydrogens is 304 g/mol. The van der Waals surface area contributed by atoms with Gasteiger partial charge in [0.05, 0.1) is 23.7 Å². The number of aromatic nitrogens is 4. The fourth-order valence-electron chi connectivity index (χ4n) is 2.64. The van der Waals surface area contributed by atoms with Gasteiger partial charge in [-0.25, -0.2) is 4.98 Å². The number of H-pyrrole nitrogens is 1. The molecule has 0 amide bonds. The number of ether oxygens (including phenoxy) is 1. The molecule has 6 heteroatoms. The molecule has 0 aliphatic rings. The first-order chi connectivity index (χ1) is 11.8. The molecule has 2 heterocycles. The minimum absolute atomic E-state index is 0.534. The molecule has 0 atom stereocenters. The maximum absolute atomic E-state index is 5.36. The Balaban J connectivity index is 1.51. The van der Waals surface area contributed by atoms with Gasteiger partial charge >= 0.3 is 0 Å². The zero-order valence-electron chi connectivity index (χ0n) is 13.2. The molecule has 120 valence electrons. The van der Waals surface area contributed by atoms with E-state index in [2.05, 4.69) is 20.1 Å². The molecule has 0 saturated heterocycles. The molecule has 1 N–H and O–H groups in total. The quantitative estimate of drug-likeness (QED) is 0.610. The van der Waals surface area contributed by atoms with Crippen LogP contribution in [-0.4, -0.2) is 27.2 Å². The molecule has 0 radical (unpaired) electrons. The molecule has 2 aromatic carbocycles. The second kappa shape index (κ2) is 6.16. The zero-order valence-corrected chi connectivity index (χ0v) is 13.2. The molecule has 0 unspecified atom stereocenters. The first kappa shape index (κ1) is 14.4. The number of methoxy groups -OCH3 is 1. The van der Waals surface area contributed by atoms with E-state index in [-0.39, 0.29) is 0 Å². The Morgan fingerprint density at radius 1 is 1.00 bits per heavy atom. The number of hydrogen-bond acceptors (Lipinski definition) is 5. The van der Waals surface area contributed by atoms with Gasteiger partial charge in [-0.1, -0.05) is 29.4 Å². The van der Waals surface area contributed by atoms with Crippen LogP contribution in [0.1, 0.15) is 11.7 Å². The second-order valence-electron chi connectivity index (χ2n) is 5.41.